The predicted molar refractivity (Wildman–Crippen MR) is 106 cm³/mol. The van der Waals surface area contributed by atoms with Crippen LogP contribution in [-0.4, -0.2) is 21.6 Å². The molecule has 3 rings (SSSR count). The molecule has 2 amide bonds. The van der Waals surface area contributed by atoms with Crippen LogP contribution in [0.2, 0.25) is 5.02 Å². The second-order valence-electron chi connectivity index (χ2n) is 6.23. The van der Waals surface area contributed by atoms with Gasteiger partial charge in [0.25, 0.3) is 11.8 Å². The summed E-state index contributed by atoms with van der Waals surface area (Å²) < 4.78 is 1.43. The molecule has 27 heavy (non-hydrogen) atoms. The van der Waals surface area contributed by atoms with Crippen LogP contribution in [0.15, 0.2) is 48.5 Å². The molecule has 0 bridgehead atoms. The Morgan fingerprint density at radius 2 is 1.70 bits per heavy atom. The Bertz CT molecular complexity index is 1030. The molecule has 0 saturated carbocycles. The lowest BCUT2D eigenvalue weighted by atomic mass is 10.1. The quantitative estimate of drug-likeness (QED) is 0.710. The highest BCUT2D eigenvalue weighted by Crippen LogP contribution is 2.19. The average molecular weight is 383 g/mol. The Labute approximate surface area is 162 Å². The first kappa shape index (κ1) is 18.7. The molecule has 7 heteroatoms. The van der Waals surface area contributed by atoms with Crippen molar-refractivity contribution >= 4 is 34.9 Å². The highest BCUT2D eigenvalue weighted by atomic mass is 35.5. The maximum absolute atomic E-state index is 12.5. The minimum absolute atomic E-state index is 0.199. The topological polar surface area (TPSA) is 76.0 Å². The van der Waals surface area contributed by atoms with Gasteiger partial charge in [-0.1, -0.05) is 29.8 Å². The molecule has 0 aliphatic carbocycles. The maximum Gasteiger partial charge on any atom is 0.276 e. The third kappa shape index (κ3) is 4.17. The van der Waals surface area contributed by atoms with Gasteiger partial charge in [-0.2, -0.15) is 5.10 Å². The number of carbonyl (C=O) groups excluding carboxylic acids is 2. The second kappa shape index (κ2) is 7.63. The first-order chi connectivity index (χ1) is 12.8. The molecule has 0 fully saturated rings. The van der Waals surface area contributed by atoms with Crippen LogP contribution in [0.25, 0.3) is 0 Å². The lowest BCUT2D eigenvalue weighted by Gasteiger charge is -2.06. The lowest BCUT2D eigenvalue weighted by molar-refractivity contribution is 0.101. The van der Waals surface area contributed by atoms with E-state index in [2.05, 4.69) is 15.7 Å². The van der Waals surface area contributed by atoms with Gasteiger partial charge in [-0.05, 0) is 49.2 Å². The van der Waals surface area contributed by atoms with Crippen molar-refractivity contribution in [2.45, 2.75) is 13.8 Å². The molecular weight excluding hydrogens is 364 g/mol. The molecule has 0 radical (unpaired) electrons. The molecule has 0 atom stereocenters. The Balaban J connectivity index is 1.75. The van der Waals surface area contributed by atoms with Crippen LogP contribution in [0.5, 0.6) is 0 Å². The molecule has 1 heterocycles. The van der Waals surface area contributed by atoms with Gasteiger partial charge < -0.3 is 10.6 Å². The zero-order valence-corrected chi connectivity index (χ0v) is 16.0. The summed E-state index contributed by atoms with van der Waals surface area (Å²) in [5.74, 6) is -0.332. The van der Waals surface area contributed by atoms with E-state index in [1.54, 1.807) is 31.3 Å². The summed E-state index contributed by atoms with van der Waals surface area (Å²) in [6.45, 7) is 3.99. The number of carbonyl (C=O) groups is 2. The smallest absolute Gasteiger partial charge is 0.276 e. The summed E-state index contributed by atoms with van der Waals surface area (Å²) >= 11 is 6.05. The summed E-state index contributed by atoms with van der Waals surface area (Å²) in [6, 6.07) is 13.9. The fourth-order valence-corrected chi connectivity index (χ4v) is 2.76. The number of halogens is 1. The van der Waals surface area contributed by atoms with Crippen molar-refractivity contribution in [3.63, 3.8) is 0 Å². The third-order valence-corrected chi connectivity index (χ3v) is 4.57. The van der Waals surface area contributed by atoms with Crippen LogP contribution < -0.4 is 10.6 Å². The molecule has 2 N–H and O–H groups in total. The van der Waals surface area contributed by atoms with E-state index >= 15 is 0 Å². The van der Waals surface area contributed by atoms with Crippen LogP contribution in [-0.2, 0) is 7.05 Å². The van der Waals surface area contributed by atoms with E-state index in [4.69, 9.17) is 11.6 Å². The predicted octanol–water partition coefficient (Wildman–Crippen LogP) is 4.19. The largest absolute Gasteiger partial charge is 0.321 e. The zero-order valence-electron chi connectivity index (χ0n) is 15.2. The molecule has 138 valence electrons. The van der Waals surface area contributed by atoms with E-state index in [1.165, 1.54) is 10.7 Å². The first-order valence-electron chi connectivity index (χ1n) is 8.33. The van der Waals surface area contributed by atoms with Crippen molar-refractivity contribution in [2.24, 2.45) is 7.05 Å². The normalized spacial score (nSPS) is 10.5. The molecule has 0 saturated heterocycles. The standard InChI is InChI=1S/C20H19ClN4O2/c1-12-8-9-14(10-13(12)2)22-20(27)17-11-18(25(3)24-17)23-19(26)15-6-4-5-7-16(15)21/h4-11H,1-3H3,(H,22,27)(H,23,26). The monoisotopic (exact) mass is 382 g/mol. The number of nitrogens with zero attached hydrogens (tertiary/aromatic N) is 2. The fraction of sp³-hybridized carbons (Fsp3) is 0.150. The Kier molecular flexibility index (Phi) is 5.28. The minimum Gasteiger partial charge on any atom is -0.321 e. The molecule has 1 aromatic heterocycles. The van der Waals surface area contributed by atoms with Gasteiger partial charge in [-0.3, -0.25) is 14.3 Å². The zero-order chi connectivity index (χ0) is 19.6. The van der Waals surface area contributed by atoms with Gasteiger partial charge in [0.2, 0.25) is 0 Å². The molecule has 0 aliphatic heterocycles. The molecule has 2 aromatic carbocycles. The Hall–Kier alpha value is -3.12. The molecule has 0 spiro atoms. The summed E-state index contributed by atoms with van der Waals surface area (Å²) in [5, 5.41) is 10.1. The number of nitrogens with one attached hydrogen (secondary N) is 2. The minimum atomic E-state index is -0.371. The lowest BCUT2D eigenvalue weighted by Crippen LogP contribution is -2.14. The van der Waals surface area contributed by atoms with E-state index in [0.717, 1.165) is 11.1 Å². The van der Waals surface area contributed by atoms with Crippen molar-refractivity contribution in [2.75, 3.05) is 10.6 Å². The van der Waals surface area contributed by atoms with Gasteiger partial charge in [0.15, 0.2) is 5.69 Å². The van der Waals surface area contributed by atoms with E-state index in [1.807, 2.05) is 32.0 Å². The summed E-state index contributed by atoms with van der Waals surface area (Å²) in [4.78, 5) is 24.9. The number of rotatable bonds is 4. The van der Waals surface area contributed by atoms with Gasteiger partial charge >= 0.3 is 0 Å². The summed E-state index contributed by atoms with van der Waals surface area (Å²) in [6.07, 6.45) is 0. The van der Waals surface area contributed by atoms with E-state index in [0.29, 0.717) is 22.1 Å². The van der Waals surface area contributed by atoms with E-state index in [9.17, 15) is 9.59 Å². The number of aryl methyl sites for hydroxylation is 3. The van der Waals surface area contributed by atoms with Crippen LogP contribution in [0, 0.1) is 13.8 Å². The number of hydrogen-bond acceptors (Lipinski definition) is 3. The van der Waals surface area contributed by atoms with Crippen molar-refractivity contribution in [3.05, 3.63) is 75.9 Å². The first-order valence-corrected chi connectivity index (χ1v) is 8.71. The Morgan fingerprint density at radius 3 is 2.41 bits per heavy atom. The van der Waals surface area contributed by atoms with Crippen molar-refractivity contribution in [3.8, 4) is 0 Å². The SMILES string of the molecule is Cc1ccc(NC(=O)c2cc(NC(=O)c3ccccc3Cl)n(C)n2)cc1C. The number of amides is 2. The average Bonchev–Trinajstić information content (AvgIpc) is 2.99. The van der Waals surface area contributed by atoms with Gasteiger partial charge in [0.05, 0.1) is 10.6 Å². The van der Waals surface area contributed by atoms with Crippen molar-refractivity contribution < 1.29 is 9.59 Å². The molecule has 3 aromatic rings. The van der Waals surface area contributed by atoms with Gasteiger partial charge in [-0.15, -0.1) is 0 Å². The van der Waals surface area contributed by atoms with Gasteiger partial charge in [-0.25, -0.2) is 0 Å². The molecule has 6 nitrogen and oxygen atoms in total. The molecular formula is C20H19ClN4O2. The van der Waals surface area contributed by atoms with E-state index < -0.39 is 0 Å². The molecule has 0 aliphatic rings. The highest BCUT2D eigenvalue weighted by molar-refractivity contribution is 6.34. The number of benzene rings is 2. The number of hydrogen-bond donors (Lipinski definition) is 2. The number of anilines is 2. The van der Waals surface area contributed by atoms with Gasteiger partial charge in [0, 0.05) is 18.8 Å². The van der Waals surface area contributed by atoms with Crippen LogP contribution in [0.3, 0.4) is 0 Å². The Morgan fingerprint density at radius 1 is 0.963 bits per heavy atom. The van der Waals surface area contributed by atoms with Gasteiger partial charge in [0.1, 0.15) is 5.82 Å². The fourth-order valence-electron chi connectivity index (χ4n) is 2.54. The summed E-state index contributed by atoms with van der Waals surface area (Å²) in [5.41, 5.74) is 3.47. The highest BCUT2D eigenvalue weighted by Gasteiger charge is 2.16. The maximum atomic E-state index is 12.5. The number of aromatic nitrogens is 2. The van der Waals surface area contributed by atoms with Crippen molar-refractivity contribution in [1.29, 1.82) is 0 Å². The van der Waals surface area contributed by atoms with Crippen molar-refractivity contribution in [1.82, 2.24) is 9.78 Å². The van der Waals surface area contributed by atoms with Crippen LogP contribution in [0.1, 0.15) is 32.0 Å². The second-order valence-corrected chi connectivity index (χ2v) is 6.63. The van der Waals surface area contributed by atoms with E-state index in [-0.39, 0.29) is 17.5 Å². The van der Waals surface area contributed by atoms with Crippen LogP contribution in [0.4, 0.5) is 11.5 Å². The van der Waals surface area contributed by atoms with Crippen LogP contribution >= 0.6 is 11.6 Å². The summed E-state index contributed by atoms with van der Waals surface area (Å²) in [7, 11) is 1.65. The third-order valence-electron chi connectivity index (χ3n) is 4.24. The molecule has 0 unspecified atom stereocenters.